The Kier molecular flexibility index (Phi) is 6.09. The molecule has 1 aliphatic rings. The van der Waals surface area contributed by atoms with Gasteiger partial charge in [0, 0.05) is 13.1 Å². The molecule has 0 bridgehead atoms. The number of ether oxygens (including phenoxy) is 1. The maximum absolute atomic E-state index is 11.7. The molecule has 20 heavy (non-hydrogen) atoms. The van der Waals surface area contributed by atoms with E-state index in [1.165, 1.54) is 0 Å². The molecule has 1 N–H and O–H groups in total. The van der Waals surface area contributed by atoms with Crippen molar-refractivity contribution in [3.8, 4) is 11.8 Å². The van der Waals surface area contributed by atoms with E-state index in [4.69, 9.17) is 4.74 Å². The summed E-state index contributed by atoms with van der Waals surface area (Å²) in [6.07, 6.45) is 0.409. The highest BCUT2D eigenvalue weighted by Crippen LogP contribution is 1.98. The summed E-state index contributed by atoms with van der Waals surface area (Å²) in [7, 11) is 0. The molecule has 1 heterocycles. The van der Waals surface area contributed by atoms with Gasteiger partial charge in [0.25, 0.3) is 0 Å². The van der Waals surface area contributed by atoms with Gasteiger partial charge in [0.2, 0.25) is 5.91 Å². The predicted molar refractivity (Wildman–Crippen MR) is 78.2 cm³/mol. The fourth-order valence-corrected chi connectivity index (χ4v) is 1.98. The van der Waals surface area contributed by atoms with E-state index in [1.54, 1.807) is 0 Å². The quantitative estimate of drug-likeness (QED) is 0.820. The van der Waals surface area contributed by atoms with Crippen molar-refractivity contribution < 1.29 is 9.53 Å². The predicted octanol–water partition coefficient (Wildman–Crippen LogP) is 0.681. The first-order chi connectivity index (χ1) is 9.84. The fraction of sp³-hybridized carbons (Fsp3) is 0.438. The SMILES string of the molecule is O=C(Cc1ccccc1)NCC#CCN1CCOCC1. The van der Waals surface area contributed by atoms with Crippen LogP contribution < -0.4 is 5.32 Å². The molecule has 4 nitrogen and oxygen atoms in total. The summed E-state index contributed by atoms with van der Waals surface area (Å²) in [5.74, 6) is 6.08. The molecule has 0 atom stereocenters. The lowest BCUT2D eigenvalue weighted by molar-refractivity contribution is -0.120. The lowest BCUT2D eigenvalue weighted by Gasteiger charge is -2.24. The monoisotopic (exact) mass is 272 g/mol. The number of hydrogen-bond acceptors (Lipinski definition) is 3. The maximum Gasteiger partial charge on any atom is 0.225 e. The van der Waals surface area contributed by atoms with E-state index in [9.17, 15) is 4.79 Å². The summed E-state index contributed by atoms with van der Waals surface area (Å²) >= 11 is 0. The molecular weight excluding hydrogens is 252 g/mol. The van der Waals surface area contributed by atoms with Crippen LogP contribution in [0.15, 0.2) is 30.3 Å². The number of amides is 1. The zero-order chi connectivity index (χ0) is 14.0. The number of carbonyl (C=O) groups is 1. The summed E-state index contributed by atoms with van der Waals surface area (Å²) in [6, 6.07) is 9.71. The Labute approximate surface area is 120 Å². The van der Waals surface area contributed by atoms with Gasteiger partial charge in [-0.25, -0.2) is 0 Å². The van der Waals surface area contributed by atoms with Crippen molar-refractivity contribution in [3.05, 3.63) is 35.9 Å². The third kappa shape index (κ3) is 5.43. The Bertz CT molecular complexity index is 470. The number of nitrogens with zero attached hydrogens (tertiary/aromatic N) is 1. The zero-order valence-electron chi connectivity index (χ0n) is 11.6. The summed E-state index contributed by atoms with van der Waals surface area (Å²) < 4.78 is 5.27. The zero-order valence-corrected chi connectivity index (χ0v) is 11.6. The third-order valence-corrected chi connectivity index (χ3v) is 3.11. The van der Waals surface area contributed by atoms with Crippen LogP contribution in [0.3, 0.4) is 0 Å². The second-order valence-electron chi connectivity index (χ2n) is 4.68. The van der Waals surface area contributed by atoms with Gasteiger partial charge in [-0.2, -0.15) is 0 Å². The first-order valence-electron chi connectivity index (χ1n) is 6.91. The molecule has 1 saturated heterocycles. The van der Waals surface area contributed by atoms with Gasteiger partial charge in [0.1, 0.15) is 0 Å². The summed E-state index contributed by atoms with van der Waals surface area (Å²) in [4.78, 5) is 13.9. The van der Waals surface area contributed by atoms with Crippen molar-refractivity contribution in [1.82, 2.24) is 10.2 Å². The summed E-state index contributed by atoms with van der Waals surface area (Å²) in [6.45, 7) is 4.61. The molecule has 0 aromatic heterocycles. The Balaban J connectivity index is 1.62. The molecular formula is C16H20N2O2. The summed E-state index contributed by atoms with van der Waals surface area (Å²) in [5.41, 5.74) is 1.02. The van der Waals surface area contributed by atoms with E-state index in [1.807, 2.05) is 30.3 Å². The van der Waals surface area contributed by atoms with Crippen molar-refractivity contribution in [2.24, 2.45) is 0 Å². The van der Waals surface area contributed by atoms with E-state index >= 15 is 0 Å². The van der Waals surface area contributed by atoms with Crippen LogP contribution in [-0.2, 0) is 16.0 Å². The number of morpholine rings is 1. The normalized spacial score (nSPS) is 15.2. The lowest BCUT2D eigenvalue weighted by Crippen LogP contribution is -2.36. The highest BCUT2D eigenvalue weighted by atomic mass is 16.5. The lowest BCUT2D eigenvalue weighted by atomic mass is 10.1. The molecule has 0 saturated carbocycles. The van der Waals surface area contributed by atoms with E-state index in [0.717, 1.165) is 38.4 Å². The van der Waals surface area contributed by atoms with E-state index in [-0.39, 0.29) is 5.91 Å². The molecule has 0 aliphatic carbocycles. The van der Waals surface area contributed by atoms with Crippen LogP contribution in [0.1, 0.15) is 5.56 Å². The van der Waals surface area contributed by atoms with Crippen molar-refractivity contribution in [2.45, 2.75) is 6.42 Å². The maximum atomic E-state index is 11.7. The molecule has 0 unspecified atom stereocenters. The Morgan fingerprint density at radius 2 is 1.95 bits per heavy atom. The van der Waals surface area contributed by atoms with Gasteiger partial charge in [0.05, 0.1) is 32.7 Å². The third-order valence-electron chi connectivity index (χ3n) is 3.11. The van der Waals surface area contributed by atoms with Gasteiger partial charge in [-0.15, -0.1) is 0 Å². The van der Waals surface area contributed by atoms with E-state index in [2.05, 4.69) is 22.1 Å². The minimum atomic E-state index is 0.0110. The highest BCUT2D eigenvalue weighted by molar-refractivity contribution is 5.78. The van der Waals surface area contributed by atoms with Crippen LogP contribution >= 0.6 is 0 Å². The topological polar surface area (TPSA) is 41.6 Å². The smallest absolute Gasteiger partial charge is 0.225 e. The number of nitrogens with one attached hydrogen (secondary N) is 1. The number of carbonyl (C=O) groups excluding carboxylic acids is 1. The molecule has 0 radical (unpaired) electrons. The largest absolute Gasteiger partial charge is 0.379 e. The van der Waals surface area contributed by atoms with Crippen molar-refractivity contribution in [1.29, 1.82) is 0 Å². The van der Waals surface area contributed by atoms with Crippen LogP contribution in [0.25, 0.3) is 0 Å². The van der Waals surface area contributed by atoms with Crippen LogP contribution in [0.4, 0.5) is 0 Å². The number of hydrogen-bond donors (Lipinski definition) is 1. The summed E-state index contributed by atoms with van der Waals surface area (Å²) in [5, 5.41) is 2.81. The molecule has 1 aliphatic heterocycles. The minimum Gasteiger partial charge on any atom is -0.379 e. The highest BCUT2D eigenvalue weighted by Gasteiger charge is 2.07. The van der Waals surface area contributed by atoms with Crippen LogP contribution in [0.2, 0.25) is 0 Å². The van der Waals surface area contributed by atoms with E-state index in [0.29, 0.717) is 13.0 Å². The van der Waals surface area contributed by atoms with Gasteiger partial charge in [-0.3, -0.25) is 9.69 Å². The van der Waals surface area contributed by atoms with Crippen molar-refractivity contribution in [3.63, 3.8) is 0 Å². The molecule has 1 aromatic rings. The van der Waals surface area contributed by atoms with Crippen LogP contribution in [0, 0.1) is 11.8 Å². The first-order valence-corrected chi connectivity index (χ1v) is 6.91. The van der Waals surface area contributed by atoms with Gasteiger partial charge in [0.15, 0.2) is 0 Å². The molecule has 1 amide bonds. The molecule has 4 heteroatoms. The van der Waals surface area contributed by atoms with Gasteiger partial charge in [-0.05, 0) is 5.56 Å². The van der Waals surface area contributed by atoms with Gasteiger partial charge >= 0.3 is 0 Å². The minimum absolute atomic E-state index is 0.0110. The number of benzene rings is 1. The average Bonchev–Trinajstić information content (AvgIpc) is 2.49. The molecule has 0 spiro atoms. The molecule has 2 rings (SSSR count). The Hall–Kier alpha value is -1.83. The Morgan fingerprint density at radius 1 is 1.20 bits per heavy atom. The molecule has 106 valence electrons. The fourth-order valence-electron chi connectivity index (χ4n) is 1.98. The second-order valence-corrected chi connectivity index (χ2v) is 4.68. The van der Waals surface area contributed by atoms with Crippen molar-refractivity contribution in [2.75, 3.05) is 39.4 Å². The Morgan fingerprint density at radius 3 is 2.70 bits per heavy atom. The average molecular weight is 272 g/mol. The van der Waals surface area contributed by atoms with Crippen LogP contribution in [0.5, 0.6) is 0 Å². The standard InChI is InChI=1S/C16H20N2O2/c19-16(14-15-6-2-1-3-7-15)17-8-4-5-9-18-10-12-20-13-11-18/h1-3,6-7H,8-14H2,(H,17,19). The van der Waals surface area contributed by atoms with E-state index < -0.39 is 0 Å². The number of rotatable bonds is 4. The molecule has 1 fully saturated rings. The van der Waals surface area contributed by atoms with Gasteiger partial charge < -0.3 is 10.1 Å². The molecule has 1 aromatic carbocycles. The van der Waals surface area contributed by atoms with Crippen molar-refractivity contribution >= 4 is 5.91 Å². The van der Waals surface area contributed by atoms with Gasteiger partial charge in [-0.1, -0.05) is 42.2 Å². The first kappa shape index (κ1) is 14.6. The van der Waals surface area contributed by atoms with Crippen LogP contribution in [-0.4, -0.2) is 50.2 Å². The second kappa shape index (κ2) is 8.36.